The molecule has 5 rings (SSSR count). The summed E-state index contributed by atoms with van der Waals surface area (Å²) in [4.78, 5) is 61.5. The molecule has 0 saturated carbocycles. The molecule has 2 aliphatic rings. The molecule has 3 amide bonds. The van der Waals surface area contributed by atoms with Gasteiger partial charge in [0.05, 0.1) is 75.0 Å². The lowest BCUT2D eigenvalue weighted by Gasteiger charge is -2.38. The van der Waals surface area contributed by atoms with E-state index < -0.39 is 30.1 Å². The lowest BCUT2D eigenvalue weighted by atomic mass is 10.1. The van der Waals surface area contributed by atoms with Gasteiger partial charge in [-0.15, -0.1) is 16.6 Å². The molecule has 0 radical (unpaired) electrons. The molecule has 68 heavy (non-hydrogen) atoms. The average molecular weight is 954 g/mol. The van der Waals surface area contributed by atoms with E-state index in [0.29, 0.717) is 154 Å². The fourth-order valence-electron chi connectivity index (χ4n) is 7.75. The fourth-order valence-corrected chi connectivity index (χ4v) is 7.75. The summed E-state index contributed by atoms with van der Waals surface area (Å²) in [5.74, 6) is 2.60. The van der Waals surface area contributed by atoms with Crippen LogP contribution in [0.2, 0.25) is 0 Å². The zero-order valence-corrected chi connectivity index (χ0v) is 39.2. The Labute approximate surface area is 396 Å². The van der Waals surface area contributed by atoms with Crippen molar-refractivity contribution >= 4 is 35.6 Å². The zero-order chi connectivity index (χ0) is 48.8. The minimum atomic E-state index is -1.05. The number of nitrogens with zero attached hydrogens (tertiary/aromatic N) is 13. The molecule has 5 atom stereocenters. The zero-order valence-electron chi connectivity index (χ0n) is 39.2. The van der Waals surface area contributed by atoms with Crippen LogP contribution in [0.1, 0.15) is 87.4 Å². The maximum absolute atomic E-state index is 14.1. The number of ether oxygens (including phenoxy) is 3. The molecule has 376 valence electrons. The minimum absolute atomic E-state index is 0.101. The molecule has 0 aromatic carbocycles. The number of unbranched alkanes of at least 4 members (excludes halogenated alkanes) is 2. The molecule has 2 saturated heterocycles. The smallest absolute Gasteiger partial charge is 0.250 e. The van der Waals surface area contributed by atoms with Crippen molar-refractivity contribution in [3.63, 3.8) is 0 Å². The van der Waals surface area contributed by atoms with Crippen LogP contribution in [-0.4, -0.2) is 195 Å². The third-order valence-electron chi connectivity index (χ3n) is 11.6. The van der Waals surface area contributed by atoms with Crippen LogP contribution in [0.25, 0.3) is 0 Å². The van der Waals surface area contributed by atoms with E-state index in [2.05, 4.69) is 31.9 Å². The first kappa shape index (κ1) is 53.3. The maximum atomic E-state index is 14.1. The fraction of sp³-hybridized carbons (Fsp3) is 0.714. The number of nitrogens with two attached hydrogens (primary N) is 5. The highest BCUT2D eigenvalue weighted by Gasteiger charge is 2.35. The quantitative estimate of drug-likeness (QED) is 0.0267. The third kappa shape index (κ3) is 16.0. The highest BCUT2D eigenvalue weighted by Crippen LogP contribution is 2.25. The van der Waals surface area contributed by atoms with Gasteiger partial charge in [-0.05, 0) is 52.1 Å². The Kier molecular flexibility index (Phi) is 21.9. The second-order valence-corrected chi connectivity index (χ2v) is 16.7. The number of nitrogens with one attached hydrogen (secondary N) is 1. The van der Waals surface area contributed by atoms with Crippen molar-refractivity contribution in [2.75, 3.05) is 127 Å². The van der Waals surface area contributed by atoms with Crippen LogP contribution in [0.3, 0.4) is 0 Å². The monoisotopic (exact) mass is 954 g/mol. The topological polar surface area (TPSA) is 354 Å². The van der Waals surface area contributed by atoms with Crippen molar-refractivity contribution in [3.8, 4) is 12.3 Å². The Morgan fingerprint density at radius 1 is 0.735 bits per heavy atom. The summed E-state index contributed by atoms with van der Waals surface area (Å²) < 4.78 is 19.4. The summed E-state index contributed by atoms with van der Waals surface area (Å²) in [7, 11) is 0. The lowest BCUT2D eigenvalue weighted by molar-refractivity contribution is -0.138. The Hall–Kier alpha value is -5.66. The minimum Gasteiger partial charge on any atom is -0.391 e. The van der Waals surface area contributed by atoms with Gasteiger partial charge >= 0.3 is 0 Å². The molecule has 0 bridgehead atoms. The van der Waals surface area contributed by atoms with Crippen molar-refractivity contribution in [2.45, 2.75) is 82.1 Å². The Morgan fingerprint density at radius 2 is 1.26 bits per heavy atom. The summed E-state index contributed by atoms with van der Waals surface area (Å²) in [6.07, 6.45) is 11.5. The van der Waals surface area contributed by atoms with E-state index in [-0.39, 0.29) is 30.9 Å². The first-order valence-corrected chi connectivity index (χ1v) is 23.4. The predicted octanol–water partition coefficient (Wildman–Crippen LogP) is -2.56. The molecule has 3 aromatic rings. The summed E-state index contributed by atoms with van der Waals surface area (Å²) >= 11 is 0. The number of hydrogen-bond donors (Lipinski definition) is 7. The number of aliphatic hydroxyl groups is 1. The van der Waals surface area contributed by atoms with E-state index in [1.807, 2.05) is 9.80 Å². The van der Waals surface area contributed by atoms with Crippen molar-refractivity contribution < 1.29 is 33.7 Å². The summed E-state index contributed by atoms with van der Waals surface area (Å²) in [5, 5.41) is 30.8. The number of amides is 3. The number of carbonyl (C=O) groups excluding carboxylic acids is 3. The highest BCUT2D eigenvalue weighted by atomic mass is 16.5. The number of piperazine rings is 2. The molecular formula is C42H71N19O7. The van der Waals surface area contributed by atoms with Crippen LogP contribution < -0.4 is 43.8 Å². The molecule has 0 aliphatic carbocycles. The Bertz CT molecular complexity index is 2030. The number of carbonyl (C=O) groups is 3. The second-order valence-electron chi connectivity index (χ2n) is 16.7. The first-order chi connectivity index (χ1) is 32.9. The molecule has 2 fully saturated rings. The van der Waals surface area contributed by atoms with Crippen LogP contribution in [-0.2, 0) is 28.6 Å². The number of anilines is 3. The number of aliphatic hydroxyl groups excluding tert-OH is 1. The number of aromatic nitrogens is 9. The average Bonchev–Trinajstić information content (AvgIpc) is 4.03. The van der Waals surface area contributed by atoms with E-state index in [4.69, 9.17) is 64.3 Å². The van der Waals surface area contributed by atoms with E-state index in [0.717, 1.165) is 19.3 Å². The molecule has 5 unspecified atom stereocenters. The van der Waals surface area contributed by atoms with Gasteiger partial charge in [0.15, 0.2) is 6.04 Å². The first-order valence-electron chi connectivity index (χ1n) is 23.4. The van der Waals surface area contributed by atoms with Gasteiger partial charge in [-0.25, -0.2) is 9.36 Å². The molecule has 12 N–H and O–H groups in total. The lowest BCUT2D eigenvalue weighted by Crippen LogP contribution is -2.53. The molecule has 26 heteroatoms. The summed E-state index contributed by atoms with van der Waals surface area (Å²) in [6.45, 7) is 8.25. The van der Waals surface area contributed by atoms with Gasteiger partial charge in [0.1, 0.15) is 12.6 Å². The Morgan fingerprint density at radius 3 is 1.84 bits per heavy atom. The molecular weight excluding hydrogens is 883 g/mol. The highest BCUT2D eigenvalue weighted by molar-refractivity contribution is 5.81. The van der Waals surface area contributed by atoms with Crippen LogP contribution in [0.15, 0.2) is 12.4 Å². The van der Waals surface area contributed by atoms with Crippen molar-refractivity contribution in [3.05, 3.63) is 23.8 Å². The maximum Gasteiger partial charge on any atom is 0.250 e. The number of hydrogen-bond acceptors (Lipinski definition) is 21. The summed E-state index contributed by atoms with van der Waals surface area (Å²) in [5.41, 5.74) is 30.1. The Balaban J connectivity index is 1.25. The van der Waals surface area contributed by atoms with Crippen LogP contribution in [0.5, 0.6) is 0 Å². The van der Waals surface area contributed by atoms with Gasteiger partial charge in [-0.1, -0.05) is 22.8 Å². The van der Waals surface area contributed by atoms with Crippen molar-refractivity contribution in [1.29, 1.82) is 0 Å². The van der Waals surface area contributed by atoms with Gasteiger partial charge in [0, 0.05) is 65.3 Å². The van der Waals surface area contributed by atoms with Gasteiger partial charge < -0.3 is 72.9 Å². The SMILES string of the molecule is C#CCOCCOCCOCCNc1nc(N2CCN(C(=O)C(CCCCN)n3cc(C(N)CC(N)=O)nn3)CC2)nc(N2CCN(C(=O)C(C(C)O)n3cc(C(N)CCCCN)nn3)CC2)n1. The van der Waals surface area contributed by atoms with Gasteiger partial charge in [-0.2, -0.15) is 15.0 Å². The van der Waals surface area contributed by atoms with Crippen LogP contribution in [0, 0.1) is 12.3 Å². The van der Waals surface area contributed by atoms with Gasteiger partial charge in [0.25, 0.3) is 0 Å². The molecule has 0 spiro atoms. The molecule has 2 aliphatic heterocycles. The normalized spacial score (nSPS) is 16.5. The predicted molar refractivity (Wildman–Crippen MR) is 250 cm³/mol. The number of terminal acetylenes is 1. The van der Waals surface area contributed by atoms with Crippen LogP contribution >= 0.6 is 0 Å². The van der Waals surface area contributed by atoms with E-state index >= 15 is 0 Å². The van der Waals surface area contributed by atoms with Crippen molar-refractivity contribution in [2.24, 2.45) is 28.7 Å². The standard InChI is InChI=1S/C42H71N19O7/c1-3-21-66-23-25-68-26-24-67-22-12-48-40-49-41(58-17-13-56(14-18-58)38(64)35(9-5-7-11-44)60-28-34(53-54-60)32(46)27-36(47)63)51-42(50-40)59-19-15-57(16-20-59)39(65)37(30(2)62)61-29-33(52-55-61)31(45)8-4-6-10-43/h1,28-32,35,37,62H,4-27,43-46H2,2H3,(H2,47,63)(H,48,49,50,51). The summed E-state index contributed by atoms with van der Waals surface area (Å²) in [6, 6.07) is -2.75. The van der Waals surface area contributed by atoms with Gasteiger partial charge in [0.2, 0.25) is 35.6 Å². The third-order valence-corrected chi connectivity index (χ3v) is 11.6. The van der Waals surface area contributed by atoms with Crippen molar-refractivity contribution in [1.82, 2.24) is 54.7 Å². The molecule has 3 aromatic heterocycles. The van der Waals surface area contributed by atoms with Crippen LogP contribution in [0.4, 0.5) is 17.8 Å². The van der Waals surface area contributed by atoms with Gasteiger partial charge in [-0.3, -0.25) is 14.4 Å². The largest absolute Gasteiger partial charge is 0.391 e. The second kappa shape index (κ2) is 28.0. The number of primary amides is 1. The van der Waals surface area contributed by atoms with E-state index in [1.165, 1.54) is 9.36 Å². The van der Waals surface area contributed by atoms with E-state index in [9.17, 15) is 19.5 Å². The molecule has 5 heterocycles. The van der Waals surface area contributed by atoms with E-state index in [1.54, 1.807) is 29.1 Å². The number of rotatable bonds is 30. The molecule has 26 nitrogen and oxygen atoms in total.